The van der Waals surface area contributed by atoms with Crippen LogP contribution in [0.1, 0.15) is 13.8 Å². The SMILES string of the molecule is COc1ccccc1N(CC(=O)Nc1ccccc1OC(C)C)S(C)(=O)=O. The molecule has 0 aliphatic carbocycles. The van der Waals surface area contributed by atoms with E-state index in [1.54, 1.807) is 48.5 Å². The summed E-state index contributed by atoms with van der Waals surface area (Å²) in [5, 5.41) is 2.71. The molecule has 1 N–H and O–H groups in total. The lowest BCUT2D eigenvalue weighted by atomic mass is 10.2. The lowest BCUT2D eigenvalue weighted by Gasteiger charge is -2.24. The minimum atomic E-state index is -3.71. The van der Waals surface area contributed by atoms with Crippen LogP contribution in [0, 0.1) is 0 Å². The van der Waals surface area contributed by atoms with Gasteiger partial charge in [-0.2, -0.15) is 0 Å². The second kappa shape index (κ2) is 8.77. The van der Waals surface area contributed by atoms with E-state index in [1.807, 2.05) is 13.8 Å². The number of sulfonamides is 1. The molecule has 2 rings (SSSR count). The van der Waals surface area contributed by atoms with E-state index >= 15 is 0 Å². The van der Waals surface area contributed by atoms with Crippen molar-refractivity contribution >= 4 is 27.3 Å². The number of methoxy groups -OCH3 is 1. The number of amides is 1. The maximum Gasteiger partial charge on any atom is 0.245 e. The second-order valence-corrected chi connectivity index (χ2v) is 8.06. The van der Waals surface area contributed by atoms with Crippen LogP contribution in [0.5, 0.6) is 11.5 Å². The third-order valence-electron chi connectivity index (χ3n) is 3.57. The molecule has 0 radical (unpaired) electrons. The first kappa shape index (κ1) is 20.6. The molecule has 146 valence electrons. The summed E-state index contributed by atoms with van der Waals surface area (Å²) in [7, 11) is -2.26. The minimum Gasteiger partial charge on any atom is -0.495 e. The number of carbonyl (C=O) groups excluding carboxylic acids is 1. The molecule has 0 bridgehead atoms. The molecule has 0 saturated heterocycles. The van der Waals surface area contributed by atoms with Gasteiger partial charge in [0.2, 0.25) is 15.9 Å². The maximum atomic E-state index is 12.6. The Kier molecular flexibility index (Phi) is 6.68. The summed E-state index contributed by atoms with van der Waals surface area (Å²) in [5.74, 6) is 0.384. The molecular weight excluding hydrogens is 368 g/mol. The highest BCUT2D eigenvalue weighted by molar-refractivity contribution is 7.92. The molecule has 0 atom stereocenters. The topological polar surface area (TPSA) is 84.9 Å². The van der Waals surface area contributed by atoms with Gasteiger partial charge in [-0.25, -0.2) is 8.42 Å². The number of para-hydroxylation sites is 4. The normalized spacial score (nSPS) is 11.1. The number of hydrogen-bond donors (Lipinski definition) is 1. The van der Waals surface area contributed by atoms with Gasteiger partial charge in [-0.15, -0.1) is 0 Å². The first-order chi connectivity index (χ1) is 12.7. The molecule has 0 unspecified atom stereocenters. The van der Waals surface area contributed by atoms with Crippen LogP contribution < -0.4 is 19.1 Å². The molecule has 0 aliphatic rings. The standard InChI is InChI=1S/C19H24N2O5S/c1-14(2)26-17-11-7-5-9-15(17)20-19(22)13-21(27(4,23)24)16-10-6-8-12-18(16)25-3/h5-12,14H,13H2,1-4H3,(H,20,22). The van der Waals surface area contributed by atoms with E-state index in [0.29, 0.717) is 22.9 Å². The lowest BCUT2D eigenvalue weighted by Crippen LogP contribution is -2.37. The third-order valence-corrected chi connectivity index (χ3v) is 4.69. The van der Waals surface area contributed by atoms with Crippen LogP contribution in [0.15, 0.2) is 48.5 Å². The fourth-order valence-electron chi connectivity index (χ4n) is 2.46. The smallest absolute Gasteiger partial charge is 0.245 e. The van der Waals surface area contributed by atoms with Crippen molar-refractivity contribution in [3.63, 3.8) is 0 Å². The van der Waals surface area contributed by atoms with Gasteiger partial charge in [-0.05, 0) is 38.1 Å². The quantitative estimate of drug-likeness (QED) is 0.747. The minimum absolute atomic E-state index is 0.0656. The molecule has 2 aromatic rings. The molecule has 8 heteroatoms. The monoisotopic (exact) mass is 392 g/mol. The first-order valence-electron chi connectivity index (χ1n) is 8.38. The van der Waals surface area contributed by atoms with Gasteiger partial charge in [0.25, 0.3) is 0 Å². The Labute approximate surface area is 160 Å². The molecular formula is C19H24N2O5S. The summed E-state index contributed by atoms with van der Waals surface area (Å²) in [4.78, 5) is 12.6. The number of hydrogen-bond acceptors (Lipinski definition) is 5. The van der Waals surface area contributed by atoms with Gasteiger partial charge in [0.1, 0.15) is 18.0 Å². The molecule has 0 spiro atoms. The van der Waals surface area contributed by atoms with Gasteiger partial charge in [-0.3, -0.25) is 9.10 Å². The predicted octanol–water partition coefficient (Wildman–Crippen LogP) is 2.89. The highest BCUT2D eigenvalue weighted by Crippen LogP contribution is 2.30. The van der Waals surface area contributed by atoms with E-state index in [0.717, 1.165) is 10.6 Å². The Morgan fingerprint density at radius 1 is 1.07 bits per heavy atom. The Hall–Kier alpha value is -2.74. The fourth-order valence-corrected chi connectivity index (χ4v) is 3.32. The third kappa shape index (κ3) is 5.62. The zero-order valence-corrected chi connectivity index (χ0v) is 16.6. The average molecular weight is 392 g/mol. The van der Waals surface area contributed by atoms with Gasteiger partial charge >= 0.3 is 0 Å². The van der Waals surface area contributed by atoms with Gasteiger partial charge in [0.15, 0.2) is 0 Å². The van der Waals surface area contributed by atoms with Crippen LogP contribution in [0.2, 0.25) is 0 Å². The number of carbonyl (C=O) groups is 1. The van der Waals surface area contributed by atoms with Crippen molar-refractivity contribution in [1.82, 2.24) is 0 Å². The van der Waals surface area contributed by atoms with Crippen molar-refractivity contribution in [2.24, 2.45) is 0 Å². The summed E-state index contributed by atoms with van der Waals surface area (Å²) in [6.07, 6.45) is 0.979. The summed E-state index contributed by atoms with van der Waals surface area (Å²) >= 11 is 0. The van der Waals surface area contributed by atoms with E-state index in [4.69, 9.17) is 9.47 Å². The molecule has 1 amide bonds. The molecule has 0 fully saturated rings. The van der Waals surface area contributed by atoms with Gasteiger partial charge < -0.3 is 14.8 Å². The lowest BCUT2D eigenvalue weighted by molar-refractivity contribution is -0.114. The predicted molar refractivity (Wildman–Crippen MR) is 106 cm³/mol. The molecule has 0 aromatic heterocycles. The molecule has 2 aromatic carbocycles. The Bertz CT molecular complexity index is 896. The van der Waals surface area contributed by atoms with E-state index < -0.39 is 22.5 Å². The fraction of sp³-hybridized carbons (Fsp3) is 0.316. The van der Waals surface area contributed by atoms with Crippen LogP contribution in [-0.2, 0) is 14.8 Å². The van der Waals surface area contributed by atoms with Gasteiger partial charge in [-0.1, -0.05) is 24.3 Å². The number of nitrogens with one attached hydrogen (secondary N) is 1. The summed E-state index contributed by atoms with van der Waals surface area (Å²) in [6, 6.07) is 13.6. The first-order valence-corrected chi connectivity index (χ1v) is 10.2. The molecule has 7 nitrogen and oxygen atoms in total. The van der Waals surface area contributed by atoms with Crippen LogP contribution in [-0.4, -0.2) is 40.3 Å². The number of anilines is 2. The van der Waals surface area contributed by atoms with Crippen LogP contribution in [0.25, 0.3) is 0 Å². The van der Waals surface area contributed by atoms with Gasteiger partial charge in [0.05, 0.1) is 30.8 Å². The number of rotatable bonds is 8. The average Bonchev–Trinajstić information content (AvgIpc) is 2.60. The van der Waals surface area contributed by atoms with E-state index in [1.165, 1.54) is 7.11 Å². The number of ether oxygens (including phenoxy) is 2. The number of nitrogens with zero attached hydrogens (tertiary/aromatic N) is 1. The van der Waals surface area contributed by atoms with Crippen molar-refractivity contribution in [3.05, 3.63) is 48.5 Å². The van der Waals surface area contributed by atoms with Crippen molar-refractivity contribution in [3.8, 4) is 11.5 Å². The van der Waals surface area contributed by atoms with E-state index in [-0.39, 0.29) is 6.10 Å². The zero-order chi connectivity index (χ0) is 20.0. The Morgan fingerprint density at radius 3 is 2.26 bits per heavy atom. The van der Waals surface area contributed by atoms with E-state index in [2.05, 4.69) is 5.32 Å². The molecule has 0 heterocycles. The Morgan fingerprint density at radius 2 is 1.67 bits per heavy atom. The zero-order valence-electron chi connectivity index (χ0n) is 15.8. The van der Waals surface area contributed by atoms with Crippen molar-refractivity contribution in [1.29, 1.82) is 0 Å². The second-order valence-electron chi connectivity index (χ2n) is 6.15. The summed E-state index contributed by atoms with van der Waals surface area (Å²) in [5.41, 5.74) is 0.772. The molecule has 27 heavy (non-hydrogen) atoms. The Balaban J connectivity index is 2.26. The number of benzene rings is 2. The molecule has 0 aliphatic heterocycles. The van der Waals surface area contributed by atoms with Crippen LogP contribution in [0.3, 0.4) is 0 Å². The molecule has 0 saturated carbocycles. The summed E-state index contributed by atoms with van der Waals surface area (Å²) < 4.78 is 36.4. The van der Waals surface area contributed by atoms with Crippen molar-refractivity contribution < 1.29 is 22.7 Å². The largest absolute Gasteiger partial charge is 0.495 e. The van der Waals surface area contributed by atoms with Crippen LogP contribution in [0.4, 0.5) is 11.4 Å². The van der Waals surface area contributed by atoms with Crippen LogP contribution >= 0.6 is 0 Å². The van der Waals surface area contributed by atoms with Crippen molar-refractivity contribution in [2.75, 3.05) is 29.5 Å². The van der Waals surface area contributed by atoms with Gasteiger partial charge in [0, 0.05) is 0 Å². The summed E-state index contributed by atoms with van der Waals surface area (Å²) in [6.45, 7) is 3.37. The van der Waals surface area contributed by atoms with E-state index in [9.17, 15) is 13.2 Å². The highest BCUT2D eigenvalue weighted by atomic mass is 32.2. The highest BCUT2D eigenvalue weighted by Gasteiger charge is 2.24. The maximum absolute atomic E-state index is 12.6. The van der Waals surface area contributed by atoms with Crippen molar-refractivity contribution in [2.45, 2.75) is 20.0 Å².